The number of Topliss-reactive ketones (excluding diaryl/α,β-unsaturated/α-hetero) is 1. The van der Waals surface area contributed by atoms with Crippen molar-refractivity contribution < 1.29 is 23.9 Å². The Morgan fingerprint density at radius 2 is 1.76 bits per heavy atom. The molecule has 2 aromatic rings. The predicted octanol–water partition coefficient (Wildman–Crippen LogP) is 2.68. The molecule has 1 aromatic heterocycles. The van der Waals surface area contributed by atoms with Crippen molar-refractivity contribution in [1.82, 2.24) is 15.6 Å². The van der Waals surface area contributed by atoms with Gasteiger partial charge in [0.25, 0.3) is 0 Å². The maximum absolute atomic E-state index is 13.0. The molecule has 2 rings (SSSR count). The van der Waals surface area contributed by atoms with Gasteiger partial charge in [-0.15, -0.1) is 0 Å². The largest absolute Gasteiger partial charge is 0.461 e. The number of rotatable bonds is 11. The van der Waals surface area contributed by atoms with Gasteiger partial charge in [-0.2, -0.15) is 0 Å². The van der Waals surface area contributed by atoms with Crippen LogP contribution in [0.4, 0.5) is 0 Å². The summed E-state index contributed by atoms with van der Waals surface area (Å²) in [5.74, 6) is -2.09. The van der Waals surface area contributed by atoms with Crippen LogP contribution in [-0.4, -0.2) is 53.0 Å². The van der Waals surface area contributed by atoms with Crippen molar-refractivity contribution in [3.05, 3.63) is 36.0 Å². The number of ether oxygens (including phenoxy) is 1. The van der Waals surface area contributed by atoms with Gasteiger partial charge >= 0.3 is 5.97 Å². The number of para-hydroxylation sites is 1. The maximum atomic E-state index is 13.0. The maximum Gasteiger partial charge on any atom is 0.328 e. The number of esters is 1. The Morgan fingerprint density at radius 1 is 1.09 bits per heavy atom. The number of aromatic amines is 1. The third-order valence-electron chi connectivity index (χ3n) is 4.59. The number of ketones is 1. The summed E-state index contributed by atoms with van der Waals surface area (Å²) in [7, 11) is 0. The Labute approximate surface area is 194 Å². The lowest BCUT2D eigenvalue weighted by atomic mass is 10.0. The van der Waals surface area contributed by atoms with E-state index in [9.17, 15) is 19.2 Å². The minimum Gasteiger partial charge on any atom is -0.461 e. The van der Waals surface area contributed by atoms with Gasteiger partial charge in [0.05, 0.1) is 12.3 Å². The minimum absolute atomic E-state index is 0.00855. The highest BCUT2D eigenvalue weighted by atomic mass is 16.5. The quantitative estimate of drug-likeness (QED) is 0.303. The average Bonchev–Trinajstić information content (AvgIpc) is 3.19. The summed E-state index contributed by atoms with van der Waals surface area (Å²) < 4.78 is 5.19. The molecule has 0 bridgehead atoms. The first kappa shape index (κ1) is 27.5. The third kappa shape index (κ3) is 8.88. The fourth-order valence-electron chi connectivity index (χ4n) is 3.17. The SMILES string of the molecule is CC.CC(=O)NC(Cc1c[nH]c2ccccc12)C(=O)NC(CCC(=O)C=N)C(=O)OC(C)C. The monoisotopic (exact) mass is 458 g/mol. The van der Waals surface area contributed by atoms with Crippen molar-refractivity contribution in [2.75, 3.05) is 0 Å². The highest BCUT2D eigenvalue weighted by Crippen LogP contribution is 2.19. The second kappa shape index (κ2) is 13.8. The fraction of sp³-hybridized carbons (Fsp3) is 0.458. The fourth-order valence-corrected chi connectivity index (χ4v) is 3.17. The molecule has 0 saturated carbocycles. The molecule has 0 aliphatic carbocycles. The van der Waals surface area contributed by atoms with Crippen LogP contribution < -0.4 is 10.6 Å². The highest BCUT2D eigenvalue weighted by Gasteiger charge is 2.28. The van der Waals surface area contributed by atoms with Crippen LogP contribution in [0.5, 0.6) is 0 Å². The molecule has 4 N–H and O–H groups in total. The van der Waals surface area contributed by atoms with Gasteiger partial charge < -0.3 is 25.8 Å². The van der Waals surface area contributed by atoms with Crippen LogP contribution in [0.3, 0.4) is 0 Å². The molecular weight excluding hydrogens is 424 g/mol. The molecule has 9 heteroatoms. The first-order valence-corrected chi connectivity index (χ1v) is 11.1. The zero-order valence-corrected chi connectivity index (χ0v) is 19.9. The van der Waals surface area contributed by atoms with Gasteiger partial charge in [0, 0.05) is 36.9 Å². The van der Waals surface area contributed by atoms with E-state index in [1.165, 1.54) is 6.92 Å². The molecule has 0 spiro atoms. The molecule has 2 atom stereocenters. The Kier molecular flexibility index (Phi) is 11.5. The Balaban J connectivity index is 0.00000265. The van der Waals surface area contributed by atoms with E-state index in [-0.39, 0.29) is 25.2 Å². The number of amides is 2. The van der Waals surface area contributed by atoms with Gasteiger partial charge in [0.15, 0.2) is 5.78 Å². The highest BCUT2D eigenvalue weighted by molar-refractivity contribution is 6.26. The average molecular weight is 459 g/mol. The Hall–Kier alpha value is -3.49. The van der Waals surface area contributed by atoms with Crippen LogP contribution in [0.1, 0.15) is 53.0 Å². The van der Waals surface area contributed by atoms with Gasteiger partial charge in [-0.3, -0.25) is 14.4 Å². The number of nitrogens with one attached hydrogen (secondary N) is 4. The van der Waals surface area contributed by atoms with Crippen LogP contribution in [0.2, 0.25) is 0 Å². The molecule has 0 saturated heterocycles. The van der Waals surface area contributed by atoms with Crippen molar-refractivity contribution in [2.45, 2.75) is 72.1 Å². The van der Waals surface area contributed by atoms with E-state index in [0.29, 0.717) is 6.21 Å². The van der Waals surface area contributed by atoms with Crippen LogP contribution in [0.25, 0.3) is 10.9 Å². The number of hydrogen-bond acceptors (Lipinski definition) is 6. The van der Waals surface area contributed by atoms with Crippen LogP contribution >= 0.6 is 0 Å². The molecule has 9 nitrogen and oxygen atoms in total. The van der Waals surface area contributed by atoms with Crippen molar-refractivity contribution in [2.24, 2.45) is 0 Å². The summed E-state index contributed by atoms with van der Waals surface area (Å²) >= 11 is 0. The second-order valence-corrected chi connectivity index (χ2v) is 7.51. The van der Waals surface area contributed by atoms with Gasteiger partial charge in [0.2, 0.25) is 11.8 Å². The molecule has 0 fully saturated rings. The molecule has 2 amide bonds. The summed E-state index contributed by atoms with van der Waals surface area (Å²) in [6, 6.07) is 5.59. The predicted molar refractivity (Wildman–Crippen MR) is 127 cm³/mol. The summed E-state index contributed by atoms with van der Waals surface area (Å²) in [5.41, 5.74) is 1.74. The van der Waals surface area contributed by atoms with E-state index in [2.05, 4.69) is 15.6 Å². The van der Waals surface area contributed by atoms with Crippen molar-refractivity contribution >= 4 is 40.7 Å². The zero-order chi connectivity index (χ0) is 25.0. The van der Waals surface area contributed by atoms with Crippen molar-refractivity contribution in [3.63, 3.8) is 0 Å². The number of benzene rings is 1. The van der Waals surface area contributed by atoms with Crippen LogP contribution in [-0.2, 0) is 30.3 Å². The summed E-state index contributed by atoms with van der Waals surface area (Å²) in [6.45, 7) is 8.66. The Morgan fingerprint density at radius 3 is 2.36 bits per heavy atom. The number of aromatic nitrogens is 1. The Bertz CT molecular complexity index is 967. The zero-order valence-electron chi connectivity index (χ0n) is 19.9. The number of hydrogen-bond donors (Lipinski definition) is 4. The molecule has 33 heavy (non-hydrogen) atoms. The first-order valence-electron chi connectivity index (χ1n) is 11.1. The standard InChI is InChI=1S/C22H28N4O5.C2H6/c1-13(2)31-22(30)19(9-8-16(28)11-23)26-21(29)20(25-14(3)27)10-15-12-24-18-7-5-4-6-17(15)18;1-2/h4-7,11-13,19-20,23-24H,8-10H2,1-3H3,(H,25,27)(H,26,29);1-2H3. The van der Waals surface area contributed by atoms with E-state index >= 15 is 0 Å². The van der Waals surface area contributed by atoms with E-state index < -0.39 is 35.8 Å². The molecule has 1 heterocycles. The third-order valence-corrected chi connectivity index (χ3v) is 4.59. The first-order chi connectivity index (χ1) is 15.7. The van der Waals surface area contributed by atoms with Gasteiger partial charge in [-0.1, -0.05) is 32.0 Å². The second-order valence-electron chi connectivity index (χ2n) is 7.51. The number of fused-ring (bicyclic) bond motifs is 1. The van der Waals surface area contributed by atoms with E-state index in [4.69, 9.17) is 10.1 Å². The normalized spacial score (nSPS) is 12.2. The molecule has 0 aliphatic rings. The lowest BCUT2D eigenvalue weighted by molar-refractivity contribution is -0.151. The molecule has 0 radical (unpaired) electrons. The van der Waals surface area contributed by atoms with Crippen LogP contribution in [0.15, 0.2) is 30.5 Å². The van der Waals surface area contributed by atoms with Crippen molar-refractivity contribution in [3.8, 4) is 0 Å². The van der Waals surface area contributed by atoms with Crippen LogP contribution in [0, 0.1) is 5.41 Å². The molecule has 180 valence electrons. The number of carbonyl (C=O) groups is 4. The lowest BCUT2D eigenvalue weighted by Crippen LogP contribution is -2.52. The number of carbonyl (C=O) groups excluding carboxylic acids is 4. The van der Waals surface area contributed by atoms with E-state index in [0.717, 1.165) is 16.5 Å². The van der Waals surface area contributed by atoms with Gasteiger partial charge in [0.1, 0.15) is 12.1 Å². The van der Waals surface area contributed by atoms with Gasteiger partial charge in [-0.25, -0.2) is 4.79 Å². The molecule has 2 unspecified atom stereocenters. The number of H-pyrrole nitrogens is 1. The topological polar surface area (TPSA) is 141 Å². The summed E-state index contributed by atoms with van der Waals surface area (Å²) in [4.78, 5) is 51.7. The smallest absolute Gasteiger partial charge is 0.328 e. The van der Waals surface area contributed by atoms with E-state index in [1.807, 2.05) is 38.1 Å². The molecular formula is C24H34N4O5. The molecule has 1 aromatic carbocycles. The minimum atomic E-state index is -1.07. The summed E-state index contributed by atoms with van der Waals surface area (Å²) in [6.07, 6.45) is 2.16. The summed E-state index contributed by atoms with van der Waals surface area (Å²) in [5, 5.41) is 13.2. The van der Waals surface area contributed by atoms with Crippen molar-refractivity contribution in [1.29, 1.82) is 5.41 Å². The van der Waals surface area contributed by atoms with Gasteiger partial charge in [-0.05, 0) is 31.9 Å². The lowest BCUT2D eigenvalue weighted by Gasteiger charge is -2.23. The van der Waals surface area contributed by atoms with E-state index in [1.54, 1.807) is 20.0 Å². The molecule has 0 aliphatic heterocycles.